The van der Waals surface area contributed by atoms with Gasteiger partial charge in [-0.2, -0.15) is 0 Å². The van der Waals surface area contributed by atoms with Crippen molar-refractivity contribution in [3.8, 4) is 5.75 Å². The van der Waals surface area contributed by atoms with Crippen molar-refractivity contribution >= 4 is 17.5 Å². The predicted octanol–water partition coefficient (Wildman–Crippen LogP) is 4.41. The van der Waals surface area contributed by atoms with E-state index in [1.165, 1.54) is 12.1 Å². The zero-order chi connectivity index (χ0) is 22.8. The Labute approximate surface area is 179 Å². The summed E-state index contributed by atoms with van der Waals surface area (Å²) < 4.78 is 40.8. The summed E-state index contributed by atoms with van der Waals surface area (Å²) in [6.45, 7) is 8.86. The molecule has 2 aromatic rings. The number of fused-ring (bicyclic) bond motifs is 1. The Morgan fingerprint density at radius 2 is 1.97 bits per heavy atom. The van der Waals surface area contributed by atoms with Crippen LogP contribution in [0.4, 0.5) is 24.8 Å². The second-order valence-electron chi connectivity index (χ2n) is 8.77. The molecule has 0 spiro atoms. The summed E-state index contributed by atoms with van der Waals surface area (Å²) in [5.41, 5.74) is 1.84. The zero-order valence-electron chi connectivity index (χ0n) is 18.0. The topological polar surface area (TPSA) is 80.2 Å². The maximum atomic E-state index is 12.3. The average molecular weight is 437 g/mol. The van der Waals surface area contributed by atoms with Crippen molar-refractivity contribution in [1.82, 2.24) is 15.0 Å². The van der Waals surface area contributed by atoms with Gasteiger partial charge in [-0.3, -0.25) is 9.78 Å². The SMILES string of the molecule is Cc1nc2c(nc1NC(=O)CC(C)(C)C)CCCN2Cc1ccc(OC(F)(F)F)cn1. The number of hydrogen-bond donors (Lipinski definition) is 1. The minimum atomic E-state index is -4.75. The first-order valence-corrected chi connectivity index (χ1v) is 10.0. The maximum Gasteiger partial charge on any atom is 0.573 e. The molecule has 0 bridgehead atoms. The lowest BCUT2D eigenvalue weighted by Crippen LogP contribution is -2.31. The molecular formula is C21H26F3N5O2. The van der Waals surface area contributed by atoms with Gasteiger partial charge >= 0.3 is 6.36 Å². The molecule has 2 aromatic heterocycles. The fourth-order valence-corrected chi connectivity index (χ4v) is 3.33. The predicted molar refractivity (Wildman–Crippen MR) is 110 cm³/mol. The normalized spacial score (nSPS) is 14.2. The summed E-state index contributed by atoms with van der Waals surface area (Å²) in [6.07, 6.45) is -1.75. The van der Waals surface area contributed by atoms with Gasteiger partial charge in [0.25, 0.3) is 0 Å². The Hall–Kier alpha value is -2.91. The standard InChI is InChI=1S/C21H26F3N5O2/c1-13-18(28-17(30)10-20(2,3)4)27-16-6-5-9-29(19(16)26-13)12-14-7-8-15(11-25-14)31-21(22,23)24/h7-8,11H,5-6,9-10,12H2,1-4H3,(H,27,28,30). The van der Waals surface area contributed by atoms with Crippen LogP contribution < -0.4 is 15.0 Å². The number of pyridine rings is 1. The number of carbonyl (C=O) groups excluding carboxylic acids is 1. The fraction of sp³-hybridized carbons (Fsp3) is 0.524. The summed E-state index contributed by atoms with van der Waals surface area (Å²) >= 11 is 0. The lowest BCUT2D eigenvalue weighted by Gasteiger charge is -2.30. The van der Waals surface area contributed by atoms with Crippen molar-refractivity contribution in [3.63, 3.8) is 0 Å². The van der Waals surface area contributed by atoms with E-state index in [9.17, 15) is 18.0 Å². The zero-order valence-corrected chi connectivity index (χ0v) is 18.0. The molecule has 1 amide bonds. The van der Waals surface area contributed by atoms with Crippen molar-refractivity contribution in [2.75, 3.05) is 16.8 Å². The number of aromatic nitrogens is 3. The van der Waals surface area contributed by atoms with E-state index in [0.717, 1.165) is 31.3 Å². The monoisotopic (exact) mass is 437 g/mol. The van der Waals surface area contributed by atoms with Gasteiger partial charge in [0.1, 0.15) is 5.75 Å². The van der Waals surface area contributed by atoms with Gasteiger partial charge in [0.05, 0.1) is 29.8 Å². The molecule has 0 atom stereocenters. The highest BCUT2D eigenvalue weighted by molar-refractivity contribution is 5.90. The van der Waals surface area contributed by atoms with Gasteiger partial charge in [-0.25, -0.2) is 9.97 Å². The van der Waals surface area contributed by atoms with E-state index < -0.39 is 6.36 Å². The second-order valence-corrected chi connectivity index (χ2v) is 8.77. The van der Waals surface area contributed by atoms with Crippen molar-refractivity contribution < 1.29 is 22.7 Å². The summed E-state index contributed by atoms with van der Waals surface area (Å²) in [5.74, 6) is 0.695. The first-order chi connectivity index (χ1) is 14.4. The number of aryl methyl sites for hydroxylation is 2. The largest absolute Gasteiger partial charge is 0.573 e. The van der Waals surface area contributed by atoms with Gasteiger partial charge in [0.2, 0.25) is 5.91 Å². The van der Waals surface area contributed by atoms with Crippen LogP contribution in [0.25, 0.3) is 0 Å². The van der Waals surface area contributed by atoms with Gasteiger partial charge in [-0.05, 0) is 37.3 Å². The molecule has 0 radical (unpaired) electrons. The number of halogens is 3. The number of ether oxygens (including phenoxy) is 1. The number of alkyl halides is 3. The third-order valence-electron chi connectivity index (χ3n) is 4.60. The van der Waals surface area contributed by atoms with Gasteiger partial charge in [0.15, 0.2) is 11.6 Å². The third kappa shape index (κ3) is 6.53. The van der Waals surface area contributed by atoms with Crippen LogP contribution in [0.3, 0.4) is 0 Å². The molecular weight excluding hydrogens is 411 g/mol. The summed E-state index contributed by atoms with van der Waals surface area (Å²) in [6, 6.07) is 2.74. The van der Waals surface area contributed by atoms with Crippen molar-refractivity contribution in [1.29, 1.82) is 0 Å². The van der Waals surface area contributed by atoms with Crippen LogP contribution in [0, 0.1) is 12.3 Å². The number of nitrogens with zero attached hydrogens (tertiary/aromatic N) is 4. The molecule has 7 nitrogen and oxygen atoms in total. The molecule has 1 N–H and O–H groups in total. The molecule has 0 saturated carbocycles. The first-order valence-electron chi connectivity index (χ1n) is 10.0. The Bertz CT molecular complexity index is 940. The summed E-state index contributed by atoms with van der Waals surface area (Å²) in [4.78, 5) is 27.6. The average Bonchev–Trinajstić information content (AvgIpc) is 2.62. The van der Waals surface area contributed by atoms with E-state index in [2.05, 4.69) is 25.0 Å². The molecule has 1 aliphatic rings. The number of nitrogens with one attached hydrogen (secondary N) is 1. The number of anilines is 2. The molecule has 1 aliphatic heterocycles. The lowest BCUT2D eigenvalue weighted by atomic mass is 9.92. The van der Waals surface area contributed by atoms with Crippen LogP contribution >= 0.6 is 0 Å². The van der Waals surface area contributed by atoms with Gasteiger partial charge in [0, 0.05) is 13.0 Å². The lowest BCUT2D eigenvalue weighted by molar-refractivity contribution is -0.274. The van der Waals surface area contributed by atoms with E-state index in [1.54, 1.807) is 6.92 Å². The minimum Gasteiger partial charge on any atom is -0.404 e. The molecule has 0 unspecified atom stereocenters. The van der Waals surface area contributed by atoms with E-state index >= 15 is 0 Å². The number of hydrogen-bond acceptors (Lipinski definition) is 6. The maximum absolute atomic E-state index is 12.3. The first kappa shape index (κ1) is 22.8. The third-order valence-corrected chi connectivity index (χ3v) is 4.60. The molecule has 31 heavy (non-hydrogen) atoms. The minimum absolute atomic E-state index is 0.108. The highest BCUT2D eigenvalue weighted by atomic mass is 19.4. The molecule has 3 heterocycles. The van der Waals surface area contributed by atoms with Crippen molar-refractivity contribution in [3.05, 3.63) is 35.4 Å². The Kier molecular flexibility index (Phi) is 6.38. The molecule has 0 saturated heterocycles. The van der Waals surface area contributed by atoms with Crippen LogP contribution in [0.5, 0.6) is 5.75 Å². The summed E-state index contributed by atoms with van der Waals surface area (Å²) in [7, 11) is 0. The van der Waals surface area contributed by atoms with Crippen LogP contribution in [0.1, 0.15) is 50.7 Å². The molecule has 0 fully saturated rings. The van der Waals surface area contributed by atoms with Crippen molar-refractivity contribution in [2.24, 2.45) is 5.41 Å². The van der Waals surface area contributed by atoms with Crippen LogP contribution in [-0.2, 0) is 17.8 Å². The quantitative estimate of drug-likeness (QED) is 0.747. The molecule has 3 rings (SSSR count). The van der Waals surface area contributed by atoms with Gasteiger partial charge < -0.3 is 15.0 Å². The molecule has 168 valence electrons. The Morgan fingerprint density at radius 1 is 1.23 bits per heavy atom. The highest BCUT2D eigenvalue weighted by Crippen LogP contribution is 2.29. The van der Waals surface area contributed by atoms with E-state index in [4.69, 9.17) is 0 Å². The van der Waals surface area contributed by atoms with Gasteiger partial charge in [-0.15, -0.1) is 13.2 Å². The smallest absolute Gasteiger partial charge is 0.404 e. The number of rotatable bonds is 5. The van der Waals surface area contributed by atoms with E-state index in [0.29, 0.717) is 36.0 Å². The van der Waals surface area contributed by atoms with Crippen molar-refractivity contribution in [2.45, 2.75) is 59.9 Å². The Balaban J connectivity index is 1.74. The van der Waals surface area contributed by atoms with Crippen LogP contribution in [0.15, 0.2) is 18.3 Å². The fourth-order valence-electron chi connectivity index (χ4n) is 3.33. The number of amides is 1. The Morgan fingerprint density at radius 3 is 2.58 bits per heavy atom. The number of carbonyl (C=O) groups is 1. The van der Waals surface area contributed by atoms with Crippen LogP contribution in [0.2, 0.25) is 0 Å². The van der Waals surface area contributed by atoms with Crippen LogP contribution in [-0.4, -0.2) is 33.8 Å². The van der Waals surface area contributed by atoms with E-state index in [1.807, 2.05) is 25.7 Å². The highest BCUT2D eigenvalue weighted by Gasteiger charge is 2.31. The second kappa shape index (κ2) is 8.68. The molecule has 0 aliphatic carbocycles. The molecule has 10 heteroatoms. The summed E-state index contributed by atoms with van der Waals surface area (Å²) in [5, 5.41) is 2.86. The van der Waals surface area contributed by atoms with E-state index in [-0.39, 0.29) is 17.1 Å². The molecule has 0 aromatic carbocycles. The van der Waals surface area contributed by atoms with Gasteiger partial charge in [-0.1, -0.05) is 20.8 Å².